The van der Waals surface area contributed by atoms with Crippen molar-refractivity contribution in [3.63, 3.8) is 0 Å². The summed E-state index contributed by atoms with van der Waals surface area (Å²) in [6.45, 7) is 0. The van der Waals surface area contributed by atoms with Crippen molar-refractivity contribution in [3.8, 4) is 6.07 Å². The van der Waals surface area contributed by atoms with Gasteiger partial charge in [0.1, 0.15) is 5.82 Å². The van der Waals surface area contributed by atoms with E-state index in [1.165, 1.54) is 31.0 Å². The van der Waals surface area contributed by atoms with Crippen molar-refractivity contribution in [1.82, 2.24) is 0 Å². The number of rotatable bonds is 5. The summed E-state index contributed by atoms with van der Waals surface area (Å²) in [5.41, 5.74) is 0.317. The van der Waals surface area contributed by atoms with E-state index < -0.39 is 5.82 Å². The molecule has 0 atom stereocenters. The number of hydrogen-bond acceptors (Lipinski definition) is 4. The van der Waals surface area contributed by atoms with E-state index >= 15 is 0 Å². The highest BCUT2D eigenvalue weighted by Gasteiger charge is 2.44. The first-order valence-electron chi connectivity index (χ1n) is 5.97. The highest BCUT2D eigenvalue weighted by atomic mass is 32.2. The molecule has 1 fully saturated rings. The Labute approximate surface area is 115 Å². The van der Waals surface area contributed by atoms with E-state index in [1.54, 1.807) is 6.07 Å². The molecule has 0 heterocycles. The number of nitriles is 1. The Kier molecular flexibility index (Phi) is 4.11. The van der Waals surface area contributed by atoms with E-state index in [1.807, 2.05) is 6.07 Å². The van der Waals surface area contributed by atoms with Gasteiger partial charge in [-0.1, -0.05) is 0 Å². The van der Waals surface area contributed by atoms with E-state index in [9.17, 15) is 9.18 Å². The predicted molar refractivity (Wildman–Crippen MR) is 70.1 cm³/mol. The lowest BCUT2D eigenvalue weighted by atomic mass is 10.1. The number of carbonyl (C=O) groups excluding carboxylic acids is 1. The molecule has 1 aliphatic carbocycles. The minimum atomic E-state index is -0.403. The van der Waals surface area contributed by atoms with Gasteiger partial charge in [-0.15, -0.1) is 11.8 Å². The molecule has 3 nitrogen and oxygen atoms in total. The maximum Gasteiger partial charge on any atom is 0.306 e. The van der Waals surface area contributed by atoms with Crippen LogP contribution in [0.3, 0.4) is 0 Å². The van der Waals surface area contributed by atoms with Gasteiger partial charge < -0.3 is 4.74 Å². The van der Waals surface area contributed by atoms with Gasteiger partial charge in [-0.2, -0.15) is 5.26 Å². The predicted octanol–water partition coefficient (Wildman–Crippen LogP) is 3.13. The third-order valence-electron chi connectivity index (χ3n) is 3.25. The number of carbonyl (C=O) groups is 1. The third kappa shape index (κ3) is 3.71. The first-order valence-corrected chi connectivity index (χ1v) is 6.96. The lowest BCUT2D eigenvalue weighted by Gasteiger charge is -2.13. The van der Waals surface area contributed by atoms with E-state index in [0.717, 1.165) is 23.5 Å². The van der Waals surface area contributed by atoms with Crippen molar-refractivity contribution in [2.75, 3.05) is 12.9 Å². The molecule has 1 aliphatic rings. The number of halogens is 1. The summed E-state index contributed by atoms with van der Waals surface area (Å²) in [4.78, 5) is 12.0. The van der Waals surface area contributed by atoms with Gasteiger partial charge in [0.25, 0.3) is 0 Å². The fourth-order valence-electron chi connectivity index (χ4n) is 1.87. The Bertz CT molecular complexity index is 535. The molecule has 1 saturated carbocycles. The highest BCUT2D eigenvalue weighted by Crippen LogP contribution is 2.52. The molecular formula is C14H14FNO2S. The molecule has 5 heteroatoms. The van der Waals surface area contributed by atoms with E-state index in [2.05, 4.69) is 4.74 Å². The largest absolute Gasteiger partial charge is 0.469 e. The minimum absolute atomic E-state index is 0.00309. The first kappa shape index (κ1) is 13.9. The van der Waals surface area contributed by atoms with Crippen LogP contribution in [0.5, 0.6) is 0 Å². The number of esters is 1. The van der Waals surface area contributed by atoms with Crippen LogP contribution in [0.25, 0.3) is 0 Å². The molecule has 1 aromatic carbocycles. The van der Waals surface area contributed by atoms with E-state index in [-0.39, 0.29) is 11.4 Å². The smallest absolute Gasteiger partial charge is 0.306 e. The maximum atomic E-state index is 13.3. The molecule has 0 aromatic heterocycles. The maximum absolute atomic E-state index is 13.3. The van der Waals surface area contributed by atoms with Gasteiger partial charge in [0.2, 0.25) is 0 Å². The zero-order valence-corrected chi connectivity index (χ0v) is 11.4. The van der Waals surface area contributed by atoms with Gasteiger partial charge in [0, 0.05) is 10.6 Å². The number of methoxy groups -OCH3 is 1. The van der Waals surface area contributed by atoms with Crippen molar-refractivity contribution in [2.24, 2.45) is 5.41 Å². The Morgan fingerprint density at radius 1 is 1.53 bits per heavy atom. The average Bonchev–Trinajstić information content (AvgIpc) is 3.16. The van der Waals surface area contributed by atoms with Gasteiger partial charge in [-0.25, -0.2) is 4.39 Å². The highest BCUT2D eigenvalue weighted by molar-refractivity contribution is 7.99. The molecule has 0 saturated heterocycles. The molecule has 1 aromatic rings. The number of benzene rings is 1. The summed E-state index contributed by atoms with van der Waals surface area (Å²) in [5.74, 6) is 0.144. The molecule has 0 unspecified atom stereocenters. The second-order valence-electron chi connectivity index (χ2n) is 4.83. The lowest BCUT2D eigenvalue weighted by Crippen LogP contribution is -2.12. The summed E-state index contributed by atoms with van der Waals surface area (Å²) >= 11 is 1.49. The molecule has 0 spiro atoms. The van der Waals surface area contributed by atoms with Crippen molar-refractivity contribution in [2.45, 2.75) is 24.2 Å². The van der Waals surface area contributed by atoms with Gasteiger partial charge >= 0.3 is 5.97 Å². The lowest BCUT2D eigenvalue weighted by molar-refractivity contribution is -0.141. The molecule has 0 radical (unpaired) electrons. The number of nitrogens with zero attached hydrogens (tertiary/aromatic N) is 1. The van der Waals surface area contributed by atoms with E-state index in [4.69, 9.17) is 5.26 Å². The van der Waals surface area contributed by atoms with Crippen LogP contribution in [0.1, 0.15) is 24.8 Å². The minimum Gasteiger partial charge on any atom is -0.469 e. The van der Waals surface area contributed by atoms with Gasteiger partial charge in [-0.05, 0) is 36.5 Å². The van der Waals surface area contributed by atoms with Crippen molar-refractivity contribution in [1.29, 1.82) is 5.26 Å². The Balaban J connectivity index is 1.98. The summed E-state index contributed by atoms with van der Waals surface area (Å²) in [6.07, 6.45) is 2.40. The normalized spacial score (nSPS) is 15.6. The molecule has 19 heavy (non-hydrogen) atoms. The number of hydrogen-bond donors (Lipinski definition) is 0. The van der Waals surface area contributed by atoms with Crippen molar-refractivity contribution in [3.05, 3.63) is 29.6 Å². The Hall–Kier alpha value is -1.54. The molecule has 100 valence electrons. The summed E-state index contributed by atoms with van der Waals surface area (Å²) in [7, 11) is 1.39. The fourth-order valence-corrected chi connectivity index (χ4v) is 3.14. The first-order chi connectivity index (χ1) is 9.07. The molecule has 0 N–H and O–H groups in total. The van der Waals surface area contributed by atoms with Crippen LogP contribution < -0.4 is 0 Å². The average molecular weight is 279 g/mol. The molecule has 0 aliphatic heterocycles. The van der Waals surface area contributed by atoms with Crippen LogP contribution in [0.2, 0.25) is 0 Å². The van der Waals surface area contributed by atoms with Gasteiger partial charge in [0.05, 0.1) is 25.2 Å². The zero-order chi connectivity index (χ0) is 13.9. The topological polar surface area (TPSA) is 50.1 Å². The van der Waals surface area contributed by atoms with Crippen LogP contribution in [-0.4, -0.2) is 18.8 Å². The van der Waals surface area contributed by atoms with Gasteiger partial charge in [0.15, 0.2) is 0 Å². The van der Waals surface area contributed by atoms with Crippen LogP contribution in [0, 0.1) is 22.6 Å². The summed E-state index contributed by atoms with van der Waals surface area (Å²) < 4.78 is 18.0. The molecular weight excluding hydrogens is 265 g/mol. The second kappa shape index (κ2) is 5.62. The SMILES string of the molecule is COC(=O)CC1(CSc2cc(F)cc(C#N)c2)CC1. The van der Waals surface area contributed by atoms with Crippen LogP contribution in [0.4, 0.5) is 4.39 Å². The Morgan fingerprint density at radius 3 is 2.84 bits per heavy atom. The standard InChI is InChI=1S/C14H14FNO2S/c1-18-13(17)7-14(2-3-14)9-19-12-5-10(8-16)4-11(15)6-12/h4-6H,2-3,7,9H2,1H3. The molecule has 2 rings (SSSR count). The van der Waals surface area contributed by atoms with Gasteiger partial charge in [-0.3, -0.25) is 4.79 Å². The molecule has 0 amide bonds. The van der Waals surface area contributed by atoms with Crippen LogP contribution >= 0.6 is 11.8 Å². The second-order valence-corrected chi connectivity index (χ2v) is 5.88. The van der Waals surface area contributed by atoms with Crippen LogP contribution in [-0.2, 0) is 9.53 Å². The quantitative estimate of drug-likeness (QED) is 0.613. The summed E-state index contributed by atoms with van der Waals surface area (Å²) in [5, 5.41) is 8.79. The summed E-state index contributed by atoms with van der Waals surface area (Å²) in [6, 6.07) is 6.23. The van der Waals surface area contributed by atoms with Crippen LogP contribution in [0.15, 0.2) is 23.1 Å². The number of ether oxygens (including phenoxy) is 1. The van der Waals surface area contributed by atoms with E-state index in [0.29, 0.717) is 12.0 Å². The monoisotopic (exact) mass is 279 g/mol. The third-order valence-corrected chi connectivity index (χ3v) is 4.58. The Morgan fingerprint density at radius 2 is 2.26 bits per heavy atom. The van der Waals surface area contributed by atoms with Crippen molar-refractivity contribution >= 4 is 17.7 Å². The molecule has 0 bridgehead atoms. The fraction of sp³-hybridized carbons (Fsp3) is 0.429. The number of thioether (sulfide) groups is 1. The van der Waals surface area contributed by atoms with Crippen molar-refractivity contribution < 1.29 is 13.9 Å². The zero-order valence-electron chi connectivity index (χ0n) is 10.6.